The van der Waals surface area contributed by atoms with Gasteiger partial charge in [-0.15, -0.1) is 0 Å². The smallest absolute Gasteiger partial charge is 0.872 e. The molecule has 0 bridgehead atoms. The van der Waals surface area contributed by atoms with Crippen LogP contribution < -0.4 is 80.6 Å². The number of rotatable bonds is 2. The second-order valence-electron chi connectivity index (χ2n) is 4.88. The Kier molecular flexibility index (Phi) is 12.0. The van der Waals surface area contributed by atoms with Gasteiger partial charge in [0.15, 0.2) is 11.6 Å². The van der Waals surface area contributed by atoms with Crippen molar-refractivity contribution in [2.75, 3.05) is 0 Å². The van der Waals surface area contributed by atoms with Gasteiger partial charge in [0.1, 0.15) is 11.5 Å². The summed E-state index contributed by atoms with van der Waals surface area (Å²) in [5.74, 6) is -1.83. The number of hydrogen-bond acceptors (Lipinski definition) is 8. The largest absolute Gasteiger partial charge is 1.00 e. The molecule has 2 aromatic heterocycles. The van der Waals surface area contributed by atoms with Gasteiger partial charge in [-0.1, -0.05) is 11.5 Å². The molecule has 2 aromatic rings. The van der Waals surface area contributed by atoms with Crippen LogP contribution in [0.1, 0.15) is 46.1 Å². The summed E-state index contributed by atoms with van der Waals surface area (Å²) in [5, 5.41) is 22.0. The van der Waals surface area contributed by atoms with Crippen molar-refractivity contribution in [1.29, 1.82) is 0 Å². The molecular weight excluding hydrogens is 366 g/mol. The Hall–Kier alpha value is -1.16. The van der Waals surface area contributed by atoms with Crippen LogP contribution in [0, 0.1) is 13.8 Å². The van der Waals surface area contributed by atoms with Crippen LogP contribution in [0.4, 0.5) is 0 Å². The van der Waals surface area contributed by atoms with E-state index in [0.717, 1.165) is 26.0 Å². The summed E-state index contributed by atoms with van der Waals surface area (Å²) in [6.07, 6.45) is 0. The van der Waals surface area contributed by atoms with Crippen LogP contribution in [0.25, 0.3) is 0 Å². The van der Waals surface area contributed by atoms with Crippen LogP contribution in [-0.2, 0) is 0 Å². The molecule has 2 rings (SSSR count). The van der Waals surface area contributed by atoms with E-state index in [4.69, 9.17) is 0 Å². The zero-order chi connectivity index (χ0) is 18.6. The van der Waals surface area contributed by atoms with Gasteiger partial charge in [-0.05, 0) is 39.8 Å². The summed E-state index contributed by atoms with van der Waals surface area (Å²) in [6.45, 7) is 5.27. The van der Waals surface area contributed by atoms with E-state index in [2.05, 4.69) is 8.83 Å². The molecule has 0 saturated heterocycles. The van der Waals surface area contributed by atoms with E-state index in [9.17, 15) is 29.4 Å². The third-order valence-electron chi connectivity index (χ3n) is 2.78. The van der Waals surface area contributed by atoms with Gasteiger partial charge in [0, 0.05) is 0 Å². The molecule has 0 aromatic carbocycles. The second kappa shape index (κ2) is 11.5. The molecule has 0 aliphatic heterocycles. The van der Waals surface area contributed by atoms with Gasteiger partial charge < -0.3 is 19.0 Å². The van der Waals surface area contributed by atoms with Gasteiger partial charge >= 0.3 is 70.4 Å². The summed E-state index contributed by atoms with van der Waals surface area (Å²) < 4.78 is 9.15. The van der Waals surface area contributed by atoms with Crippen LogP contribution in [0.15, 0.2) is 30.6 Å². The number of ketones is 2. The predicted octanol–water partition coefficient (Wildman–Crippen LogP) is -5.54. The molecule has 0 spiro atoms. The van der Waals surface area contributed by atoms with Crippen molar-refractivity contribution in [1.82, 2.24) is 0 Å². The maximum atomic E-state index is 11.0. The maximum Gasteiger partial charge on any atom is 1.00 e. The van der Waals surface area contributed by atoms with E-state index in [-0.39, 0.29) is 70.6 Å². The van der Waals surface area contributed by atoms with Crippen molar-refractivity contribution in [2.45, 2.75) is 27.7 Å². The summed E-state index contributed by atoms with van der Waals surface area (Å²) >= 11 is 0. The number of Topliss-reactive ketones (excluding diaryl/α,β-unsaturated/α-hetero) is 2. The summed E-state index contributed by atoms with van der Waals surface area (Å²) in [4.78, 5) is 43.3. The van der Waals surface area contributed by atoms with Crippen molar-refractivity contribution in [3.05, 3.63) is 55.6 Å². The monoisotopic (exact) mass is 380 g/mol. The molecule has 0 aliphatic rings. The number of carbonyl (C=O) groups is 2. The molecular formula is C16H14Na2O8. The quantitative estimate of drug-likeness (QED) is 0.371. The first-order valence-electron chi connectivity index (χ1n) is 6.70. The fourth-order valence-corrected chi connectivity index (χ4v) is 1.80. The molecule has 0 saturated carbocycles. The van der Waals surface area contributed by atoms with Crippen molar-refractivity contribution >= 4 is 11.6 Å². The number of aryl methyl sites for hydroxylation is 2. The SMILES string of the molecule is CC(=O)c1c([O-])cc(C)oc1=O.CC(=O)c1c([O-])cc(C)oc1=O.[Na+].[Na+]. The molecule has 0 aliphatic carbocycles. The molecule has 26 heavy (non-hydrogen) atoms. The van der Waals surface area contributed by atoms with Gasteiger partial charge in [-0.2, -0.15) is 0 Å². The minimum absolute atomic E-state index is 0. The van der Waals surface area contributed by atoms with Gasteiger partial charge in [-0.25, -0.2) is 9.59 Å². The first-order chi connectivity index (χ1) is 11.0. The van der Waals surface area contributed by atoms with Gasteiger partial charge in [0.2, 0.25) is 0 Å². The van der Waals surface area contributed by atoms with E-state index in [1.807, 2.05) is 0 Å². The fourth-order valence-electron chi connectivity index (χ4n) is 1.80. The van der Waals surface area contributed by atoms with Crippen molar-refractivity contribution in [3.8, 4) is 11.5 Å². The minimum atomic E-state index is -0.854. The zero-order valence-electron chi connectivity index (χ0n) is 15.4. The third kappa shape index (κ3) is 7.22. The van der Waals surface area contributed by atoms with E-state index >= 15 is 0 Å². The molecule has 0 fully saturated rings. The number of hydrogen-bond donors (Lipinski definition) is 0. The minimum Gasteiger partial charge on any atom is -0.872 e. The zero-order valence-corrected chi connectivity index (χ0v) is 19.4. The summed E-state index contributed by atoms with van der Waals surface area (Å²) in [5.41, 5.74) is -2.51. The van der Waals surface area contributed by atoms with Gasteiger partial charge in [0.05, 0.1) is 11.1 Å². The molecule has 0 atom stereocenters. The normalized spacial score (nSPS) is 9.08. The Labute approximate surface area is 192 Å². The Bertz CT molecular complexity index is 836. The van der Waals surface area contributed by atoms with Crippen molar-refractivity contribution in [3.63, 3.8) is 0 Å². The van der Waals surface area contributed by atoms with E-state index in [1.54, 1.807) is 0 Å². The van der Waals surface area contributed by atoms with Crippen molar-refractivity contribution in [2.24, 2.45) is 0 Å². The molecule has 8 nitrogen and oxygen atoms in total. The summed E-state index contributed by atoms with van der Waals surface area (Å²) in [7, 11) is 0. The molecule has 0 amide bonds. The average Bonchev–Trinajstić information content (AvgIpc) is 2.35. The average molecular weight is 380 g/mol. The molecule has 128 valence electrons. The van der Waals surface area contributed by atoms with Crippen molar-refractivity contribution < 1.29 is 87.8 Å². The maximum absolute atomic E-state index is 11.0. The van der Waals surface area contributed by atoms with Crippen LogP contribution in [0.2, 0.25) is 0 Å². The molecule has 2 heterocycles. The standard InChI is InChI=1S/2C8H8O4.2Na/c2*1-4-3-6(10)7(5(2)9)8(11)12-4;;/h2*3,10H,1-2H3;;/q;;2*+1/p-2. The van der Waals surface area contributed by atoms with Gasteiger partial charge in [0.25, 0.3) is 0 Å². The Balaban J connectivity index is 0. The Morgan fingerprint density at radius 1 is 0.769 bits per heavy atom. The van der Waals surface area contributed by atoms with Crippen LogP contribution in [-0.4, -0.2) is 11.6 Å². The predicted molar refractivity (Wildman–Crippen MR) is 78.3 cm³/mol. The van der Waals surface area contributed by atoms with Crippen LogP contribution in [0.5, 0.6) is 11.5 Å². The second-order valence-corrected chi connectivity index (χ2v) is 4.88. The third-order valence-corrected chi connectivity index (χ3v) is 2.78. The topological polar surface area (TPSA) is 141 Å². The molecule has 10 heteroatoms. The van der Waals surface area contributed by atoms with E-state index in [0.29, 0.717) is 0 Å². The van der Waals surface area contributed by atoms with Crippen LogP contribution in [0.3, 0.4) is 0 Å². The summed E-state index contributed by atoms with van der Waals surface area (Å²) in [6, 6.07) is 2.25. The molecule has 0 unspecified atom stereocenters. The fraction of sp³-hybridized carbons (Fsp3) is 0.250. The Morgan fingerprint density at radius 3 is 1.23 bits per heavy atom. The van der Waals surface area contributed by atoms with Crippen LogP contribution >= 0.6 is 0 Å². The molecule has 0 N–H and O–H groups in total. The van der Waals surface area contributed by atoms with E-state index < -0.39 is 45.4 Å². The first kappa shape index (κ1) is 27.1. The Morgan fingerprint density at radius 2 is 1.04 bits per heavy atom. The first-order valence-corrected chi connectivity index (χ1v) is 6.70. The number of carbonyl (C=O) groups excluding carboxylic acids is 2. The molecule has 0 radical (unpaired) electrons. The van der Waals surface area contributed by atoms with E-state index in [1.165, 1.54) is 13.8 Å². The van der Waals surface area contributed by atoms with Gasteiger partial charge in [-0.3, -0.25) is 9.59 Å².